The number of benzene rings is 4. The molecule has 0 atom stereocenters. The normalized spacial score (nSPS) is 10.7. The third kappa shape index (κ3) is 9.57. The molecule has 4 N–H and O–H groups in total. The third-order valence-corrected chi connectivity index (χ3v) is 7.19. The van der Waals surface area contributed by atoms with Gasteiger partial charge in [-0.25, -0.2) is 0 Å². The van der Waals surface area contributed by atoms with Crippen LogP contribution in [0.5, 0.6) is 0 Å². The van der Waals surface area contributed by atoms with E-state index in [-0.39, 0.29) is 24.3 Å². The molecule has 0 saturated heterocycles. The average Bonchev–Trinajstić information content (AvgIpc) is 3.00. The third-order valence-electron chi connectivity index (χ3n) is 7.19. The van der Waals surface area contributed by atoms with Crippen molar-refractivity contribution in [2.45, 2.75) is 46.1 Å². The molecule has 4 rings (SSSR count). The number of nitrogens with two attached hydrogens (primary N) is 1. The van der Waals surface area contributed by atoms with Gasteiger partial charge in [0, 0.05) is 25.1 Å². The summed E-state index contributed by atoms with van der Waals surface area (Å²) in [6.07, 6.45) is 2.38. The Labute approximate surface area is 254 Å². The highest BCUT2D eigenvalue weighted by molar-refractivity contribution is 5.97. The number of nitrogens with zero attached hydrogens (tertiary/aromatic N) is 1. The molecule has 0 fully saturated rings. The summed E-state index contributed by atoms with van der Waals surface area (Å²) in [5.74, 6) is -0.496. The number of unbranched alkanes of at least 4 members (excludes halogenated alkanes) is 2. The summed E-state index contributed by atoms with van der Waals surface area (Å²) < 4.78 is 0. The van der Waals surface area contributed by atoms with Crippen LogP contribution < -0.4 is 16.4 Å². The number of nitrogen functional groups attached to an aromatic ring is 1. The van der Waals surface area contributed by atoms with Crippen molar-refractivity contribution < 1.29 is 14.4 Å². The molecule has 222 valence electrons. The highest BCUT2D eigenvalue weighted by Crippen LogP contribution is 2.27. The molecule has 3 amide bonds. The molecule has 7 heteroatoms. The number of amides is 3. The van der Waals surface area contributed by atoms with Crippen LogP contribution in [0.4, 0.5) is 11.4 Å². The van der Waals surface area contributed by atoms with E-state index >= 15 is 0 Å². The van der Waals surface area contributed by atoms with Crippen molar-refractivity contribution in [1.29, 1.82) is 0 Å². The SMILES string of the molecule is Cc1cc(C)cc(C(=O)N(CCCCCC(=O)Nc2cc(-c3ccccc3)ccc2N)CC(=O)NCc2ccccc2)c1. The second kappa shape index (κ2) is 15.4. The van der Waals surface area contributed by atoms with E-state index in [0.717, 1.165) is 34.2 Å². The number of carbonyl (C=O) groups is 3. The first-order valence-corrected chi connectivity index (χ1v) is 14.7. The molecular formula is C36H40N4O3. The lowest BCUT2D eigenvalue weighted by Crippen LogP contribution is -2.41. The zero-order chi connectivity index (χ0) is 30.6. The fourth-order valence-corrected chi connectivity index (χ4v) is 5.01. The molecule has 0 heterocycles. The maximum Gasteiger partial charge on any atom is 0.254 e. The van der Waals surface area contributed by atoms with Gasteiger partial charge in [-0.15, -0.1) is 0 Å². The lowest BCUT2D eigenvalue weighted by Gasteiger charge is -2.23. The maximum absolute atomic E-state index is 13.5. The molecule has 7 nitrogen and oxygen atoms in total. The fourth-order valence-electron chi connectivity index (χ4n) is 5.01. The van der Waals surface area contributed by atoms with Crippen LogP contribution in [0.25, 0.3) is 11.1 Å². The van der Waals surface area contributed by atoms with E-state index in [9.17, 15) is 14.4 Å². The van der Waals surface area contributed by atoms with Gasteiger partial charge in [0.1, 0.15) is 0 Å². The molecule has 0 aliphatic heterocycles. The largest absolute Gasteiger partial charge is 0.397 e. The van der Waals surface area contributed by atoms with Crippen LogP contribution in [-0.4, -0.2) is 35.7 Å². The number of rotatable bonds is 13. The Morgan fingerprint density at radius 1 is 0.721 bits per heavy atom. The van der Waals surface area contributed by atoms with Crippen molar-refractivity contribution in [3.05, 3.63) is 119 Å². The number of hydrogen-bond donors (Lipinski definition) is 3. The molecule has 4 aromatic rings. The Morgan fingerprint density at radius 3 is 2.09 bits per heavy atom. The first-order chi connectivity index (χ1) is 20.8. The molecule has 0 aromatic heterocycles. The Hall–Kier alpha value is -4.91. The Balaban J connectivity index is 1.30. The zero-order valence-corrected chi connectivity index (χ0v) is 24.9. The van der Waals surface area contributed by atoms with E-state index in [1.165, 1.54) is 0 Å². The highest BCUT2D eigenvalue weighted by Gasteiger charge is 2.19. The van der Waals surface area contributed by atoms with Crippen molar-refractivity contribution in [3.63, 3.8) is 0 Å². The van der Waals surface area contributed by atoms with Crippen LogP contribution >= 0.6 is 0 Å². The van der Waals surface area contributed by atoms with E-state index in [1.54, 1.807) is 11.0 Å². The molecular weight excluding hydrogens is 536 g/mol. The molecule has 0 saturated carbocycles. The predicted octanol–water partition coefficient (Wildman–Crippen LogP) is 6.51. The number of hydrogen-bond acceptors (Lipinski definition) is 4. The number of anilines is 2. The zero-order valence-electron chi connectivity index (χ0n) is 24.9. The molecule has 0 spiro atoms. The molecule has 0 bridgehead atoms. The standard InChI is InChI=1S/C36H40N4O3/c1-26-20-27(2)22-31(21-26)36(43)40(25-35(42)38-24-28-12-6-3-7-13-28)19-11-5-10-16-34(41)39-33-23-30(17-18-32(33)37)29-14-8-4-9-15-29/h3-4,6-9,12-15,17-18,20-23H,5,10-11,16,19,24-25,37H2,1-2H3,(H,38,42)(H,39,41). The van der Waals surface area contributed by atoms with Crippen molar-refractivity contribution in [3.8, 4) is 11.1 Å². The van der Waals surface area contributed by atoms with E-state index in [1.807, 2.05) is 105 Å². The van der Waals surface area contributed by atoms with Gasteiger partial charge < -0.3 is 21.3 Å². The monoisotopic (exact) mass is 576 g/mol. The number of nitrogens with one attached hydrogen (secondary N) is 2. The van der Waals surface area contributed by atoms with Crippen LogP contribution in [0.3, 0.4) is 0 Å². The highest BCUT2D eigenvalue weighted by atomic mass is 16.2. The first kappa shape index (κ1) is 31.0. The minimum Gasteiger partial charge on any atom is -0.397 e. The van der Waals surface area contributed by atoms with Crippen LogP contribution in [0.1, 0.15) is 52.7 Å². The minimum atomic E-state index is -0.212. The smallest absolute Gasteiger partial charge is 0.254 e. The minimum absolute atomic E-state index is 0.0316. The quantitative estimate of drug-likeness (QED) is 0.125. The van der Waals surface area contributed by atoms with Crippen molar-refractivity contribution in [2.75, 3.05) is 24.1 Å². The van der Waals surface area contributed by atoms with Crippen LogP contribution in [0, 0.1) is 13.8 Å². The fraction of sp³-hybridized carbons (Fsp3) is 0.250. The average molecular weight is 577 g/mol. The Bertz CT molecular complexity index is 1520. The van der Waals surface area contributed by atoms with Crippen LogP contribution in [-0.2, 0) is 16.1 Å². The second-order valence-electron chi connectivity index (χ2n) is 10.9. The van der Waals surface area contributed by atoms with Crippen LogP contribution in [0.15, 0.2) is 97.1 Å². The van der Waals surface area contributed by atoms with E-state index in [2.05, 4.69) is 10.6 Å². The number of carbonyl (C=O) groups excluding carboxylic acids is 3. The first-order valence-electron chi connectivity index (χ1n) is 14.7. The molecule has 0 aliphatic rings. The molecule has 0 radical (unpaired) electrons. The maximum atomic E-state index is 13.5. The van der Waals surface area contributed by atoms with Crippen molar-refractivity contribution in [1.82, 2.24) is 10.2 Å². The lowest BCUT2D eigenvalue weighted by atomic mass is 10.0. The number of aryl methyl sites for hydroxylation is 2. The van der Waals surface area contributed by atoms with Gasteiger partial charge in [0.15, 0.2) is 0 Å². The Kier molecular flexibility index (Phi) is 11.1. The Morgan fingerprint density at radius 2 is 1.40 bits per heavy atom. The second-order valence-corrected chi connectivity index (χ2v) is 10.9. The summed E-state index contributed by atoms with van der Waals surface area (Å²) in [6.45, 7) is 4.70. The molecule has 0 unspecified atom stereocenters. The molecule has 4 aromatic carbocycles. The summed E-state index contributed by atoms with van der Waals surface area (Å²) in [7, 11) is 0. The van der Waals surface area contributed by atoms with E-state index in [4.69, 9.17) is 5.73 Å². The summed E-state index contributed by atoms with van der Waals surface area (Å²) in [6, 6.07) is 31.0. The summed E-state index contributed by atoms with van der Waals surface area (Å²) in [5, 5.41) is 5.86. The predicted molar refractivity (Wildman–Crippen MR) is 173 cm³/mol. The van der Waals surface area contributed by atoms with Crippen LogP contribution in [0.2, 0.25) is 0 Å². The lowest BCUT2D eigenvalue weighted by molar-refractivity contribution is -0.122. The topological polar surface area (TPSA) is 105 Å². The van der Waals surface area contributed by atoms with Gasteiger partial charge >= 0.3 is 0 Å². The van der Waals surface area contributed by atoms with Gasteiger partial charge in [-0.05, 0) is 67.6 Å². The van der Waals surface area contributed by atoms with Gasteiger partial charge in [-0.2, -0.15) is 0 Å². The summed E-state index contributed by atoms with van der Waals surface area (Å²) in [5.41, 5.74) is 12.8. The van der Waals surface area contributed by atoms with Gasteiger partial charge in [0.05, 0.1) is 17.9 Å². The van der Waals surface area contributed by atoms with Gasteiger partial charge in [0.2, 0.25) is 11.8 Å². The summed E-state index contributed by atoms with van der Waals surface area (Å²) in [4.78, 5) is 40.6. The summed E-state index contributed by atoms with van der Waals surface area (Å²) >= 11 is 0. The molecule has 0 aliphatic carbocycles. The van der Waals surface area contributed by atoms with Gasteiger partial charge in [0.25, 0.3) is 5.91 Å². The van der Waals surface area contributed by atoms with E-state index in [0.29, 0.717) is 49.3 Å². The van der Waals surface area contributed by atoms with E-state index < -0.39 is 0 Å². The van der Waals surface area contributed by atoms with Crippen molar-refractivity contribution in [2.24, 2.45) is 0 Å². The van der Waals surface area contributed by atoms with Gasteiger partial charge in [-0.3, -0.25) is 14.4 Å². The van der Waals surface area contributed by atoms with Gasteiger partial charge in [-0.1, -0.05) is 90.3 Å². The molecule has 43 heavy (non-hydrogen) atoms. The van der Waals surface area contributed by atoms with Crippen molar-refractivity contribution >= 4 is 29.1 Å².